The first kappa shape index (κ1) is 14.2. The van der Waals surface area contributed by atoms with Crippen LogP contribution >= 0.6 is 0 Å². The van der Waals surface area contributed by atoms with Crippen molar-refractivity contribution in [2.45, 2.75) is 57.5 Å². The molecule has 5 nitrogen and oxygen atoms in total. The van der Waals surface area contributed by atoms with Crippen LogP contribution in [0.25, 0.3) is 0 Å². The molecule has 0 aliphatic carbocycles. The molecule has 0 amide bonds. The third-order valence-corrected chi connectivity index (χ3v) is 3.38. The van der Waals surface area contributed by atoms with Crippen molar-refractivity contribution >= 4 is 10.0 Å². The van der Waals surface area contributed by atoms with Crippen LogP contribution in [0.2, 0.25) is 0 Å². The van der Waals surface area contributed by atoms with Gasteiger partial charge in [-0.2, -0.15) is 0 Å². The molecule has 0 fully saturated rings. The van der Waals surface area contributed by atoms with Crippen molar-refractivity contribution in [3.8, 4) is 0 Å². The quantitative estimate of drug-likeness (QED) is 0.757. The molecule has 17 heavy (non-hydrogen) atoms. The molecule has 0 saturated heterocycles. The number of sulfonamides is 1. The summed E-state index contributed by atoms with van der Waals surface area (Å²) in [6, 6.07) is 0. The molecule has 98 valence electrons. The van der Waals surface area contributed by atoms with Crippen LogP contribution in [0.5, 0.6) is 0 Å². The molecule has 0 bridgehead atoms. The first-order chi connectivity index (χ1) is 7.99. The molecule has 0 spiro atoms. The van der Waals surface area contributed by atoms with Gasteiger partial charge >= 0.3 is 0 Å². The summed E-state index contributed by atoms with van der Waals surface area (Å²) in [7, 11) is -3.69. The summed E-state index contributed by atoms with van der Waals surface area (Å²) in [5.74, 6) is 0.813. The summed E-state index contributed by atoms with van der Waals surface area (Å²) in [6.07, 6.45) is 6.58. The van der Waals surface area contributed by atoms with Crippen LogP contribution in [0.3, 0.4) is 0 Å². The van der Waals surface area contributed by atoms with E-state index in [9.17, 15) is 8.42 Å². The van der Waals surface area contributed by atoms with E-state index in [0.29, 0.717) is 0 Å². The maximum atomic E-state index is 11.2. The summed E-state index contributed by atoms with van der Waals surface area (Å²) in [6.45, 7) is 4.99. The fraction of sp³-hybridized carbons (Fsp3) is 0.727. The lowest BCUT2D eigenvalue weighted by molar-refractivity contribution is 0.576. The number of hydrogen-bond donors (Lipinski definition) is 1. The average molecular weight is 259 g/mol. The number of rotatable bonds is 7. The van der Waals surface area contributed by atoms with E-state index in [1.807, 2.05) is 11.5 Å². The van der Waals surface area contributed by atoms with Crippen LogP contribution in [0.1, 0.15) is 45.4 Å². The number of imidazole rings is 1. The molecule has 1 rings (SSSR count). The van der Waals surface area contributed by atoms with Gasteiger partial charge in [0.15, 0.2) is 5.03 Å². The van der Waals surface area contributed by atoms with Crippen molar-refractivity contribution in [1.29, 1.82) is 0 Å². The number of nitrogens with two attached hydrogens (primary N) is 1. The lowest BCUT2D eigenvalue weighted by Crippen LogP contribution is -2.12. The highest BCUT2D eigenvalue weighted by atomic mass is 32.2. The summed E-state index contributed by atoms with van der Waals surface area (Å²) < 4.78 is 24.4. The van der Waals surface area contributed by atoms with Gasteiger partial charge in [-0.3, -0.25) is 0 Å². The Labute approximate surface area is 103 Å². The Morgan fingerprint density at radius 3 is 2.53 bits per heavy atom. The molecule has 0 unspecified atom stereocenters. The maximum Gasteiger partial charge on any atom is 0.257 e. The monoisotopic (exact) mass is 259 g/mol. The average Bonchev–Trinajstić information content (AvgIpc) is 2.62. The molecule has 0 radical (unpaired) electrons. The second-order valence-electron chi connectivity index (χ2n) is 4.19. The van der Waals surface area contributed by atoms with Gasteiger partial charge in [0.25, 0.3) is 10.0 Å². The lowest BCUT2D eigenvalue weighted by Gasteiger charge is -2.05. The van der Waals surface area contributed by atoms with Gasteiger partial charge in [-0.25, -0.2) is 18.5 Å². The second-order valence-corrected chi connectivity index (χ2v) is 5.70. The zero-order valence-electron chi connectivity index (χ0n) is 10.5. The van der Waals surface area contributed by atoms with Crippen molar-refractivity contribution in [3.05, 3.63) is 12.0 Å². The number of unbranched alkanes of at least 4 members (excludes halogenated alkanes) is 2. The minimum Gasteiger partial charge on any atom is -0.333 e. The lowest BCUT2D eigenvalue weighted by atomic mass is 10.2. The van der Waals surface area contributed by atoms with Crippen LogP contribution in [0, 0.1) is 0 Å². The maximum absolute atomic E-state index is 11.2. The first-order valence-electron chi connectivity index (χ1n) is 6.07. The van der Waals surface area contributed by atoms with Gasteiger partial charge in [-0.15, -0.1) is 0 Å². The molecule has 1 aromatic rings. The van der Waals surface area contributed by atoms with Gasteiger partial charge in [0, 0.05) is 19.2 Å². The second kappa shape index (κ2) is 6.16. The highest BCUT2D eigenvalue weighted by molar-refractivity contribution is 7.89. The Morgan fingerprint density at radius 2 is 2.00 bits per heavy atom. The first-order valence-corrected chi connectivity index (χ1v) is 7.62. The molecule has 1 aromatic heterocycles. The molecular weight excluding hydrogens is 238 g/mol. The predicted octanol–water partition coefficient (Wildman–Crippen LogP) is 1.67. The summed E-state index contributed by atoms with van der Waals surface area (Å²) in [5, 5.41) is 5.07. The van der Waals surface area contributed by atoms with Gasteiger partial charge < -0.3 is 4.57 Å². The van der Waals surface area contributed by atoms with E-state index >= 15 is 0 Å². The molecule has 0 aliphatic heterocycles. The standard InChI is InChI=1S/C11H21N3O2S/c1-3-5-6-8-14-9-11(17(12,15)16)13-10(14)7-4-2/h9H,3-8H2,1-2H3,(H2,12,15,16). The Bertz CT molecular complexity index is 451. The Kier molecular flexibility index (Phi) is 5.14. The highest BCUT2D eigenvalue weighted by Gasteiger charge is 2.15. The third-order valence-electron chi connectivity index (χ3n) is 2.60. The Morgan fingerprint density at radius 1 is 1.29 bits per heavy atom. The largest absolute Gasteiger partial charge is 0.333 e. The van der Waals surface area contributed by atoms with Crippen LogP contribution in [-0.4, -0.2) is 18.0 Å². The van der Waals surface area contributed by atoms with E-state index in [-0.39, 0.29) is 5.03 Å². The molecule has 0 saturated carbocycles. The predicted molar refractivity (Wildman–Crippen MR) is 67.1 cm³/mol. The van der Waals surface area contributed by atoms with Crippen LogP contribution in [0.15, 0.2) is 11.2 Å². The smallest absolute Gasteiger partial charge is 0.257 e. The van der Waals surface area contributed by atoms with E-state index in [4.69, 9.17) is 5.14 Å². The number of aryl methyl sites for hydroxylation is 2. The van der Waals surface area contributed by atoms with E-state index in [1.54, 1.807) is 6.20 Å². The third kappa shape index (κ3) is 4.12. The van der Waals surface area contributed by atoms with Crippen molar-refractivity contribution in [1.82, 2.24) is 9.55 Å². The van der Waals surface area contributed by atoms with E-state index < -0.39 is 10.0 Å². The minimum absolute atomic E-state index is 0.0163. The fourth-order valence-corrected chi connectivity index (χ4v) is 2.22. The number of primary sulfonamides is 1. The summed E-state index contributed by atoms with van der Waals surface area (Å²) in [5.41, 5.74) is 0. The van der Waals surface area contributed by atoms with Gasteiger partial charge in [0.1, 0.15) is 5.82 Å². The SMILES string of the molecule is CCCCCn1cc(S(N)(=O)=O)nc1CCC. The zero-order chi connectivity index (χ0) is 12.9. The number of aromatic nitrogens is 2. The van der Waals surface area contributed by atoms with Gasteiger partial charge in [-0.05, 0) is 12.8 Å². The minimum atomic E-state index is -3.69. The number of hydrogen-bond acceptors (Lipinski definition) is 3. The fourth-order valence-electron chi connectivity index (χ4n) is 1.71. The van der Waals surface area contributed by atoms with Crippen molar-refractivity contribution in [2.75, 3.05) is 0 Å². The van der Waals surface area contributed by atoms with Crippen molar-refractivity contribution in [3.63, 3.8) is 0 Å². The zero-order valence-corrected chi connectivity index (χ0v) is 11.3. The molecular formula is C11H21N3O2S. The van der Waals surface area contributed by atoms with E-state index in [1.165, 1.54) is 0 Å². The Balaban J connectivity index is 2.89. The molecule has 1 heterocycles. The van der Waals surface area contributed by atoms with Gasteiger partial charge in [-0.1, -0.05) is 26.7 Å². The van der Waals surface area contributed by atoms with E-state index in [0.717, 1.165) is 44.5 Å². The summed E-state index contributed by atoms with van der Waals surface area (Å²) >= 11 is 0. The molecule has 0 aromatic carbocycles. The summed E-state index contributed by atoms with van der Waals surface area (Å²) in [4.78, 5) is 4.10. The van der Waals surface area contributed by atoms with Crippen molar-refractivity contribution in [2.24, 2.45) is 5.14 Å². The van der Waals surface area contributed by atoms with Gasteiger partial charge in [0.2, 0.25) is 0 Å². The van der Waals surface area contributed by atoms with Crippen LogP contribution in [-0.2, 0) is 23.0 Å². The van der Waals surface area contributed by atoms with Crippen LogP contribution < -0.4 is 5.14 Å². The van der Waals surface area contributed by atoms with E-state index in [2.05, 4.69) is 11.9 Å². The molecule has 6 heteroatoms. The normalized spacial score (nSPS) is 11.9. The van der Waals surface area contributed by atoms with Crippen LogP contribution in [0.4, 0.5) is 0 Å². The molecule has 0 aliphatic rings. The highest BCUT2D eigenvalue weighted by Crippen LogP contribution is 2.11. The van der Waals surface area contributed by atoms with Crippen molar-refractivity contribution < 1.29 is 8.42 Å². The topological polar surface area (TPSA) is 78.0 Å². The van der Waals surface area contributed by atoms with Gasteiger partial charge in [0.05, 0.1) is 0 Å². The Hall–Kier alpha value is -0.880. The molecule has 2 N–H and O–H groups in total. The molecule has 0 atom stereocenters. The number of nitrogens with zero attached hydrogens (tertiary/aromatic N) is 2.